The first kappa shape index (κ1) is 17.6. The van der Waals surface area contributed by atoms with Crippen LogP contribution in [0.4, 0.5) is 0 Å². The normalized spacial score (nSPS) is 17.6. The van der Waals surface area contributed by atoms with E-state index in [9.17, 15) is 0 Å². The summed E-state index contributed by atoms with van der Waals surface area (Å²) in [6.45, 7) is 11.1. The first-order valence-corrected chi connectivity index (χ1v) is 8.85. The molecular weight excluding hydrogens is 314 g/mol. The van der Waals surface area contributed by atoms with E-state index in [4.69, 9.17) is 9.78 Å². The van der Waals surface area contributed by atoms with Crippen molar-refractivity contribution in [1.29, 1.82) is 5.26 Å². The lowest BCUT2D eigenvalue weighted by Gasteiger charge is -2.36. The largest absolute Gasteiger partial charge is 0.338 e. The highest BCUT2D eigenvalue weighted by Crippen LogP contribution is 2.22. The number of nitrogens with zero attached hydrogens (tertiary/aromatic N) is 5. The van der Waals surface area contributed by atoms with Gasteiger partial charge in [0.1, 0.15) is 0 Å². The van der Waals surface area contributed by atoms with Crippen molar-refractivity contribution in [3.8, 4) is 6.07 Å². The van der Waals surface area contributed by atoms with Crippen LogP contribution in [0.15, 0.2) is 28.8 Å². The average molecular weight is 339 g/mol. The lowest BCUT2D eigenvalue weighted by Crippen LogP contribution is -2.46. The van der Waals surface area contributed by atoms with Gasteiger partial charge in [0.25, 0.3) is 0 Å². The summed E-state index contributed by atoms with van der Waals surface area (Å²) < 4.78 is 5.44. The first-order valence-electron chi connectivity index (χ1n) is 8.85. The van der Waals surface area contributed by atoms with Gasteiger partial charge in [0.2, 0.25) is 5.89 Å². The van der Waals surface area contributed by atoms with Gasteiger partial charge in [-0.05, 0) is 24.6 Å². The van der Waals surface area contributed by atoms with Gasteiger partial charge >= 0.3 is 0 Å². The monoisotopic (exact) mass is 339 g/mol. The Morgan fingerprint density at radius 2 is 1.96 bits per heavy atom. The van der Waals surface area contributed by atoms with Crippen molar-refractivity contribution < 1.29 is 4.52 Å². The van der Waals surface area contributed by atoms with E-state index in [1.807, 2.05) is 18.2 Å². The molecule has 0 bridgehead atoms. The Morgan fingerprint density at radius 1 is 1.20 bits per heavy atom. The number of piperazine rings is 1. The molecule has 0 amide bonds. The summed E-state index contributed by atoms with van der Waals surface area (Å²) in [6.07, 6.45) is 0. The fraction of sp³-hybridized carbons (Fsp3) is 0.526. The van der Waals surface area contributed by atoms with Crippen LogP contribution in [-0.2, 0) is 6.54 Å². The van der Waals surface area contributed by atoms with Crippen LogP contribution in [0.3, 0.4) is 0 Å². The number of benzene rings is 1. The second-order valence-electron chi connectivity index (χ2n) is 6.95. The van der Waals surface area contributed by atoms with E-state index in [0.717, 1.165) is 44.1 Å². The highest BCUT2D eigenvalue weighted by Gasteiger charge is 2.26. The summed E-state index contributed by atoms with van der Waals surface area (Å²) in [7, 11) is 0. The summed E-state index contributed by atoms with van der Waals surface area (Å²) in [5.41, 5.74) is 1.92. The summed E-state index contributed by atoms with van der Waals surface area (Å²) in [4.78, 5) is 9.34. The van der Waals surface area contributed by atoms with Gasteiger partial charge in [0, 0.05) is 38.6 Å². The van der Waals surface area contributed by atoms with Gasteiger partial charge in [-0.2, -0.15) is 10.2 Å². The Labute approximate surface area is 149 Å². The van der Waals surface area contributed by atoms with Crippen molar-refractivity contribution in [2.45, 2.75) is 39.3 Å². The van der Waals surface area contributed by atoms with Crippen LogP contribution < -0.4 is 0 Å². The molecule has 132 valence electrons. The van der Waals surface area contributed by atoms with Crippen LogP contribution in [-0.4, -0.2) is 46.1 Å². The van der Waals surface area contributed by atoms with Crippen molar-refractivity contribution in [3.63, 3.8) is 0 Å². The SMILES string of the molecule is CC(C)c1noc([C@H](C)N2CCN(Cc3cccc(C#N)c3)CC2)n1. The van der Waals surface area contributed by atoms with Gasteiger partial charge in [0.15, 0.2) is 5.82 Å². The third-order valence-corrected chi connectivity index (χ3v) is 4.75. The zero-order valence-electron chi connectivity index (χ0n) is 15.1. The van der Waals surface area contributed by atoms with Crippen molar-refractivity contribution in [2.24, 2.45) is 0 Å². The minimum Gasteiger partial charge on any atom is -0.338 e. The highest BCUT2D eigenvalue weighted by molar-refractivity contribution is 5.32. The molecule has 6 heteroatoms. The lowest BCUT2D eigenvalue weighted by molar-refractivity contribution is 0.0845. The zero-order chi connectivity index (χ0) is 17.8. The third-order valence-electron chi connectivity index (χ3n) is 4.75. The maximum Gasteiger partial charge on any atom is 0.243 e. The molecule has 1 aliphatic rings. The van der Waals surface area contributed by atoms with Crippen LogP contribution in [0.1, 0.15) is 55.6 Å². The van der Waals surface area contributed by atoms with Crippen molar-refractivity contribution >= 4 is 0 Å². The van der Waals surface area contributed by atoms with E-state index >= 15 is 0 Å². The molecule has 0 radical (unpaired) electrons. The van der Waals surface area contributed by atoms with Crippen LogP contribution in [0.25, 0.3) is 0 Å². The van der Waals surface area contributed by atoms with Gasteiger partial charge < -0.3 is 4.52 Å². The summed E-state index contributed by atoms with van der Waals surface area (Å²) in [5, 5.41) is 13.1. The number of rotatable bonds is 5. The van der Waals surface area contributed by atoms with E-state index in [1.165, 1.54) is 5.56 Å². The summed E-state index contributed by atoms with van der Waals surface area (Å²) >= 11 is 0. The predicted molar refractivity (Wildman–Crippen MR) is 94.8 cm³/mol. The number of hydrogen-bond acceptors (Lipinski definition) is 6. The van der Waals surface area contributed by atoms with E-state index in [2.05, 4.69) is 52.8 Å². The number of aromatic nitrogens is 2. The van der Waals surface area contributed by atoms with Crippen LogP contribution >= 0.6 is 0 Å². The molecule has 2 heterocycles. The minimum absolute atomic E-state index is 0.143. The maximum absolute atomic E-state index is 9.02. The van der Waals surface area contributed by atoms with Gasteiger partial charge in [-0.15, -0.1) is 0 Å². The Kier molecular flexibility index (Phi) is 5.47. The molecule has 1 fully saturated rings. The molecular formula is C19H25N5O. The molecule has 0 unspecified atom stereocenters. The molecule has 25 heavy (non-hydrogen) atoms. The molecule has 0 N–H and O–H groups in total. The highest BCUT2D eigenvalue weighted by atomic mass is 16.5. The van der Waals surface area contributed by atoms with Crippen molar-refractivity contribution in [3.05, 3.63) is 47.1 Å². The molecule has 3 rings (SSSR count). The molecule has 1 atom stereocenters. The van der Waals surface area contributed by atoms with E-state index in [-0.39, 0.29) is 12.0 Å². The van der Waals surface area contributed by atoms with Gasteiger partial charge in [0.05, 0.1) is 17.7 Å². The second kappa shape index (κ2) is 7.77. The van der Waals surface area contributed by atoms with Crippen molar-refractivity contribution in [1.82, 2.24) is 19.9 Å². The fourth-order valence-corrected chi connectivity index (χ4v) is 3.11. The van der Waals surface area contributed by atoms with Crippen LogP contribution in [0, 0.1) is 11.3 Å². The van der Waals surface area contributed by atoms with Crippen LogP contribution in [0.2, 0.25) is 0 Å². The van der Waals surface area contributed by atoms with Gasteiger partial charge in [-0.1, -0.05) is 31.1 Å². The van der Waals surface area contributed by atoms with E-state index in [0.29, 0.717) is 5.89 Å². The zero-order valence-corrected chi connectivity index (χ0v) is 15.1. The molecule has 0 spiro atoms. The first-order chi connectivity index (χ1) is 12.1. The quantitative estimate of drug-likeness (QED) is 0.834. The van der Waals surface area contributed by atoms with Crippen molar-refractivity contribution in [2.75, 3.05) is 26.2 Å². The standard InChI is InChI=1S/C19H25N5O/c1-14(2)18-21-19(25-22-18)15(3)24-9-7-23(8-10-24)13-17-6-4-5-16(11-17)12-20/h4-6,11,14-15H,7-10,13H2,1-3H3/t15-/m0/s1. The smallest absolute Gasteiger partial charge is 0.243 e. The van der Waals surface area contributed by atoms with E-state index in [1.54, 1.807) is 0 Å². The van der Waals surface area contributed by atoms with Crippen LogP contribution in [0.5, 0.6) is 0 Å². The predicted octanol–water partition coefficient (Wildman–Crippen LogP) is 2.94. The fourth-order valence-electron chi connectivity index (χ4n) is 3.11. The Hall–Kier alpha value is -2.23. The molecule has 6 nitrogen and oxygen atoms in total. The number of hydrogen-bond donors (Lipinski definition) is 0. The van der Waals surface area contributed by atoms with E-state index < -0.39 is 0 Å². The maximum atomic E-state index is 9.02. The Balaban J connectivity index is 1.55. The molecule has 1 aromatic heterocycles. The minimum atomic E-state index is 0.143. The molecule has 1 aromatic carbocycles. The second-order valence-corrected chi connectivity index (χ2v) is 6.95. The molecule has 1 saturated heterocycles. The molecule has 2 aromatic rings. The molecule has 1 aliphatic heterocycles. The molecule has 0 saturated carbocycles. The molecule has 0 aliphatic carbocycles. The Bertz CT molecular complexity index is 740. The third kappa shape index (κ3) is 4.25. The topological polar surface area (TPSA) is 69.2 Å². The van der Waals surface area contributed by atoms with Gasteiger partial charge in [-0.3, -0.25) is 9.80 Å². The average Bonchev–Trinajstić information content (AvgIpc) is 3.12. The summed E-state index contributed by atoms with van der Waals surface area (Å²) in [6, 6.07) is 10.2. The van der Waals surface area contributed by atoms with Gasteiger partial charge in [-0.25, -0.2) is 0 Å². The lowest BCUT2D eigenvalue weighted by atomic mass is 10.1. The summed E-state index contributed by atoms with van der Waals surface area (Å²) in [5.74, 6) is 1.77. The number of nitriles is 1. The Morgan fingerprint density at radius 3 is 2.60 bits per heavy atom.